The molecule has 0 bridgehead atoms. The first-order valence-electron chi connectivity index (χ1n) is 5.57. The molecule has 0 atom stereocenters. The van der Waals surface area contributed by atoms with Crippen molar-refractivity contribution in [1.82, 2.24) is 10.6 Å². The molecule has 0 aromatic heterocycles. The number of rotatable bonds is 3. The molecule has 0 saturated carbocycles. The molecule has 0 radical (unpaired) electrons. The van der Waals surface area contributed by atoms with Gasteiger partial charge in [0.2, 0.25) is 17.7 Å². The first kappa shape index (κ1) is 13.2. The molecule has 1 aliphatic heterocycles. The van der Waals surface area contributed by atoms with Gasteiger partial charge in [0.15, 0.2) is 5.11 Å². The molecule has 0 unspecified atom stereocenters. The zero-order valence-electron chi connectivity index (χ0n) is 9.80. The third-order valence-electron chi connectivity index (χ3n) is 2.55. The highest BCUT2D eigenvalue weighted by Gasteiger charge is 2.34. The first-order valence-corrected chi connectivity index (χ1v) is 5.97. The molecule has 1 saturated heterocycles. The maximum atomic E-state index is 11.7. The lowest BCUT2D eigenvalue weighted by atomic mass is 10.0. The average Bonchev–Trinajstić information content (AvgIpc) is 2.35. The van der Waals surface area contributed by atoms with E-state index in [0.29, 0.717) is 5.69 Å². The number of hydrogen-bond donors (Lipinski definition) is 3. The quantitative estimate of drug-likeness (QED) is 0.542. The van der Waals surface area contributed by atoms with Crippen molar-refractivity contribution in [2.24, 2.45) is 5.92 Å². The fourth-order valence-electron chi connectivity index (χ4n) is 1.65. The number of anilines is 1. The predicted molar refractivity (Wildman–Crippen MR) is 72.1 cm³/mol. The van der Waals surface area contributed by atoms with E-state index in [0.717, 1.165) is 0 Å². The van der Waals surface area contributed by atoms with Gasteiger partial charge in [-0.1, -0.05) is 18.2 Å². The minimum absolute atomic E-state index is 0.0327. The van der Waals surface area contributed by atoms with Gasteiger partial charge in [-0.15, -0.1) is 0 Å². The SMILES string of the molecule is O=C(CC1C(=O)NC(=S)NC1=O)Nc1ccccc1. The van der Waals surface area contributed by atoms with Gasteiger partial charge in [-0.25, -0.2) is 0 Å². The zero-order valence-corrected chi connectivity index (χ0v) is 10.6. The molecule has 6 nitrogen and oxygen atoms in total. The molecule has 1 fully saturated rings. The van der Waals surface area contributed by atoms with Gasteiger partial charge in [0.1, 0.15) is 5.92 Å². The van der Waals surface area contributed by atoms with Crippen LogP contribution in [0.2, 0.25) is 0 Å². The Bertz CT molecular complexity index is 524. The average molecular weight is 277 g/mol. The molecule has 1 heterocycles. The van der Waals surface area contributed by atoms with E-state index in [-0.39, 0.29) is 11.5 Å². The Balaban J connectivity index is 1.97. The van der Waals surface area contributed by atoms with E-state index in [9.17, 15) is 14.4 Å². The van der Waals surface area contributed by atoms with Crippen LogP contribution >= 0.6 is 12.2 Å². The number of para-hydroxylation sites is 1. The van der Waals surface area contributed by atoms with E-state index in [1.54, 1.807) is 24.3 Å². The summed E-state index contributed by atoms with van der Waals surface area (Å²) < 4.78 is 0. The van der Waals surface area contributed by atoms with Crippen molar-refractivity contribution < 1.29 is 14.4 Å². The highest BCUT2D eigenvalue weighted by atomic mass is 32.1. The summed E-state index contributed by atoms with van der Waals surface area (Å²) >= 11 is 4.67. The fraction of sp³-hybridized carbons (Fsp3) is 0.167. The first-order chi connectivity index (χ1) is 9.06. The summed E-state index contributed by atoms with van der Waals surface area (Å²) in [7, 11) is 0. The van der Waals surface area contributed by atoms with Crippen molar-refractivity contribution in [1.29, 1.82) is 0 Å². The number of nitrogens with one attached hydrogen (secondary N) is 3. The molecule has 3 amide bonds. The van der Waals surface area contributed by atoms with Crippen LogP contribution in [0.25, 0.3) is 0 Å². The molecule has 19 heavy (non-hydrogen) atoms. The van der Waals surface area contributed by atoms with Gasteiger partial charge in [0.05, 0.1) is 0 Å². The third-order valence-corrected chi connectivity index (χ3v) is 2.76. The Hall–Kier alpha value is -2.28. The van der Waals surface area contributed by atoms with Crippen molar-refractivity contribution in [3.05, 3.63) is 30.3 Å². The number of carbonyl (C=O) groups excluding carboxylic acids is 3. The second-order valence-electron chi connectivity index (χ2n) is 3.98. The Kier molecular flexibility index (Phi) is 3.86. The molecule has 7 heteroatoms. The maximum Gasteiger partial charge on any atom is 0.239 e. The summed E-state index contributed by atoms with van der Waals surface area (Å²) in [6.45, 7) is 0. The summed E-state index contributed by atoms with van der Waals surface area (Å²) in [4.78, 5) is 34.9. The van der Waals surface area contributed by atoms with Crippen LogP contribution in [-0.2, 0) is 14.4 Å². The van der Waals surface area contributed by atoms with Gasteiger partial charge in [-0.2, -0.15) is 0 Å². The lowest BCUT2D eigenvalue weighted by molar-refractivity contribution is -0.137. The molecule has 1 aromatic carbocycles. The van der Waals surface area contributed by atoms with Crippen molar-refractivity contribution in [3.63, 3.8) is 0 Å². The van der Waals surface area contributed by atoms with Crippen LogP contribution in [0.5, 0.6) is 0 Å². The third kappa shape index (κ3) is 3.35. The second kappa shape index (κ2) is 5.57. The van der Waals surface area contributed by atoms with Crippen LogP contribution in [0.1, 0.15) is 6.42 Å². The van der Waals surface area contributed by atoms with Crippen molar-refractivity contribution in [2.75, 3.05) is 5.32 Å². The van der Waals surface area contributed by atoms with Crippen molar-refractivity contribution in [2.45, 2.75) is 6.42 Å². The van der Waals surface area contributed by atoms with Crippen LogP contribution in [-0.4, -0.2) is 22.8 Å². The molecule has 98 valence electrons. The number of hydrogen-bond acceptors (Lipinski definition) is 4. The Morgan fingerprint density at radius 3 is 2.32 bits per heavy atom. The highest BCUT2D eigenvalue weighted by molar-refractivity contribution is 7.80. The largest absolute Gasteiger partial charge is 0.326 e. The minimum atomic E-state index is -1.06. The van der Waals surface area contributed by atoms with E-state index in [4.69, 9.17) is 0 Å². The van der Waals surface area contributed by atoms with Crippen LogP contribution in [0.15, 0.2) is 30.3 Å². The van der Waals surface area contributed by atoms with E-state index in [1.165, 1.54) is 0 Å². The lowest BCUT2D eigenvalue weighted by Gasteiger charge is -2.21. The van der Waals surface area contributed by atoms with Crippen molar-refractivity contribution >= 4 is 40.7 Å². The van der Waals surface area contributed by atoms with E-state index >= 15 is 0 Å². The molecule has 1 aliphatic rings. The van der Waals surface area contributed by atoms with E-state index in [2.05, 4.69) is 28.2 Å². The Morgan fingerprint density at radius 2 is 1.74 bits per heavy atom. The highest BCUT2D eigenvalue weighted by Crippen LogP contribution is 2.11. The standard InChI is InChI=1S/C12H11N3O3S/c16-9(13-7-4-2-1-3-5-7)6-8-10(17)14-12(19)15-11(8)18/h1-5,8H,6H2,(H,13,16)(H2,14,15,17,18,19). The summed E-state index contributed by atoms with van der Waals surface area (Å²) in [6.07, 6.45) is -0.227. The number of amides is 3. The Labute approximate surface area is 114 Å². The van der Waals surface area contributed by atoms with Gasteiger partial charge in [0.25, 0.3) is 0 Å². The second-order valence-corrected chi connectivity index (χ2v) is 4.39. The normalized spacial score (nSPS) is 15.7. The number of benzene rings is 1. The topological polar surface area (TPSA) is 87.3 Å². The van der Waals surface area contributed by atoms with Gasteiger partial charge in [0, 0.05) is 12.1 Å². The lowest BCUT2D eigenvalue weighted by Crippen LogP contribution is -2.56. The molecule has 3 N–H and O–H groups in total. The fourth-order valence-corrected chi connectivity index (χ4v) is 1.85. The summed E-state index contributed by atoms with van der Waals surface area (Å²) in [5.41, 5.74) is 0.611. The Morgan fingerprint density at radius 1 is 1.16 bits per heavy atom. The summed E-state index contributed by atoms with van der Waals surface area (Å²) in [5, 5.41) is 7.20. The monoisotopic (exact) mass is 277 g/mol. The predicted octanol–water partition coefficient (Wildman–Crippen LogP) is 0.162. The van der Waals surface area contributed by atoms with Gasteiger partial charge >= 0.3 is 0 Å². The molecule has 2 rings (SSSR count). The van der Waals surface area contributed by atoms with E-state index < -0.39 is 23.6 Å². The summed E-state index contributed by atoms with van der Waals surface area (Å²) in [6, 6.07) is 8.79. The molecule has 0 aliphatic carbocycles. The molecule has 0 spiro atoms. The molecule has 1 aromatic rings. The zero-order chi connectivity index (χ0) is 13.8. The smallest absolute Gasteiger partial charge is 0.239 e. The minimum Gasteiger partial charge on any atom is -0.326 e. The summed E-state index contributed by atoms with van der Waals surface area (Å²) in [5.74, 6) is -2.58. The van der Waals surface area contributed by atoms with Crippen LogP contribution in [0.3, 0.4) is 0 Å². The van der Waals surface area contributed by atoms with E-state index in [1.807, 2.05) is 6.07 Å². The van der Waals surface area contributed by atoms with Gasteiger partial charge < -0.3 is 16.0 Å². The maximum absolute atomic E-state index is 11.7. The van der Waals surface area contributed by atoms with Gasteiger partial charge in [-0.3, -0.25) is 14.4 Å². The van der Waals surface area contributed by atoms with Crippen LogP contribution < -0.4 is 16.0 Å². The number of carbonyl (C=O) groups is 3. The van der Waals surface area contributed by atoms with Crippen LogP contribution in [0, 0.1) is 5.92 Å². The van der Waals surface area contributed by atoms with Gasteiger partial charge in [-0.05, 0) is 24.4 Å². The molecular formula is C12H11N3O3S. The molecular weight excluding hydrogens is 266 g/mol. The number of thiocarbonyl (C=S) groups is 1. The van der Waals surface area contributed by atoms with Crippen molar-refractivity contribution in [3.8, 4) is 0 Å². The van der Waals surface area contributed by atoms with Crippen LogP contribution in [0.4, 0.5) is 5.69 Å².